The number of rotatable bonds is 8. The molecule has 2 N–H and O–H groups in total. The van der Waals surface area contributed by atoms with Gasteiger partial charge in [-0.25, -0.2) is 13.2 Å². The number of carbonyl (C=O) groups excluding carboxylic acids is 2. The van der Waals surface area contributed by atoms with Crippen molar-refractivity contribution in [2.24, 2.45) is 0 Å². The predicted octanol–water partition coefficient (Wildman–Crippen LogP) is 2.42. The molecular weight excluding hydrogens is 349 g/mol. The summed E-state index contributed by atoms with van der Waals surface area (Å²) in [4.78, 5) is 23.4. The van der Waals surface area contributed by atoms with Crippen molar-refractivity contribution in [3.63, 3.8) is 0 Å². The van der Waals surface area contributed by atoms with Gasteiger partial charge in [-0.05, 0) is 30.7 Å². The van der Waals surface area contributed by atoms with E-state index in [0.717, 1.165) is 12.1 Å². The molecule has 0 spiro atoms. The van der Waals surface area contributed by atoms with Crippen molar-refractivity contribution in [3.05, 3.63) is 65.5 Å². The van der Waals surface area contributed by atoms with Gasteiger partial charge in [0.15, 0.2) is 11.6 Å². The van der Waals surface area contributed by atoms with Gasteiger partial charge < -0.3 is 15.4 Å². The van der Waals surface area contributed by atoms with E-state index in [-0.39, 0.29) is 31.0 Å². The molecule has 8 heteroatoms. The van der Waals surface area contributed by atoms with E-state index in [1.807, 2.05) is 0 Å². The number of carbonyl (C=O) groups is 2. The van der Waals surface area contributed by atoms with Crippen molar-refractivity contribution >= 4 is 11.8 Å². The number of ether oxygens (including phenoxy) is 1. The summed E-state index contributed by atoms with van der Waals surface area (Å²) < 4.78 is 44.8. The molecule has 0 saturated heterocycles. The first-order chi connectivity index (χ1) is 12.5. The largest absolute Gasteiger partial charge is 0.490 e. The van der Waals surface area contributed by atoms with Crippen molar-refractivity contribution < 1.29 is 27.5 Å². The van der Waals surface area contributed by atoms with E-state index in [4.69, 9.17) is 4.74 Å². The summed E-state index contributed by atoms with van der Waals surface area (Å²) in [5.41, 5.74) is -0.350. The van der Waals surface area contributed by atoms with Crippen molar-refractivity contribution in [3.8, 4) is 5.75 Å². The molecule has 2 aromatic carbocycles. The zero-order valence-corrected chi connectivity index (χ0v) is 13.7. The molecule has 0 heterocycles. The van der Waals surface area contributed by atoms with E-state index >= 15 is 0 Å². The molecule has 2 amide bonds. The number of hydrogen-bond acceptors (Lipinski definition) is 3. The Morgan fingerprint density at radius 3 is 2.46 bits per heavy atom. The maximum absolute atomic E-state index is 13.4. The third kappa shape index (κ3) is 5.80. The van der Waals surface area contributed by atoms with E-state index in [1.54, 1.807) is 12.1 Å². The summed E-state index contributed by atoms with van der Waals surface area (Å²) in [6, 6.07) is 8.51. The minimum atomic E-state index is -1.01. The van der Waals surface area contributed by atoms with Crippen LogP contribution in [0, 0.1) is 17.5 Å². The molecule has 0 aliphatic carbocycles. The topological polar surface area (TPSA) is 67.4 Å². The van der Waals surface area contributed by atoms with Gasteiger partial charge in [0.1, 0.15) is 11.6 Å². The Bertz CT molecular complexity index is 784. The van der Waals surface area contributed by atoms with Gasteiger partial charge in [-0.15, -0.1) is 0 Å². The summed E-state index contributed by atoms with van der Waals surface area (Å²) in [6.45, 7) is 0.103. The molecule has 0 radical (unpaired) electrons. The second-order valence-corrected chi connectivity index (χ2v) is 5.29. The second kappa shape index (κ2) is 9.45. The molecule has 0 aliphatic heterocycles. The van der Waals surface area contributed by atoms with Crippen molar-refractivity contribution in [1.82, 2.24) is 10.6 Å². The lowest BCUT2D eigenvalue weighted by molar-refractivity contribution is -0.120. The average molecular weight is 366 g/mol. The van der Waals surface area contributed by atoms with Gasteiger partial charge in [-0.1, -0.05) is 12.1 Å². The number of halogens is 3. The lowest BCUT2D eigenvalue weighted by Crippen LogP contribution is -2.37. The Balaban J connectivity index is 1.64. The van der Waals surface area contributed by atoms with Gasteiger partial charge in [0.25, 0.3) is 5.91 Å². The molecule has 2 aromatic rings. The van der Waals surface area contributed by atoms with Gasteiger partial charge in [0.05, 0.1) is 18.7 Å². The van der Waals surface area contributed by atoms with Crippen LogP contribution in [0.3, 0.4) is 0 Å². The van der Waals surface area contributed by atoms with E-state index in [2.05, 4.69) is 10.6 Å². The van der Waals surface area contributed by atoms with Gasteiger partial charge in [0, 0.05) is 12.6 Å². The Kier molecular flexibility index (Phi) is 7.02. The van der Waals surface area contributed by atoms with E-state index in [1.165, 1.54) is 12.1 Å². The number of nitrogens with one attached hydrogen (secondary N) is 2. The molecule has 0 bridgehead atoms. The molecule has 2 rings (SSSR count). The zero-order valence-electron chi connectivity index (χ0n) is 13.7. The molecule has 0 aliphatic rings. The van der Waals surface area contributed by atoms with Gasteiger partial charge >= 0.3 is 0 Å². The van der Waals surface area contributed by atoms with Crippen LogP contribution in [-0.4, -0.2) is 31.5 Å². The molecule has 0 unspecified atom stereocenters. The molecule has 0 aromatic heterocycles. The zero-order chi connectivity index (χ0) is 18.9. The maximum atomic E-state index is 13.4. The van der Waals surface area contributed by atoms with Crippen LogP contribution in [0.1, 0.15) is 16.8 Å². The Morgan fingerprint density at radius 1 is 0.962 bits per heavy atom. The fourth-order valence-electron chi connectivity index (χ4n) is 2.04. The molecule has 0 atom stereocenters. The van der Waals surface area contributed by atoms with Crippen LogP contribution in [-0.2, 0) is 4.79 Å². The lowest BCUT2D eigenvalue weighted by Gasteiger charge is -2.09. The number of benzene rings is 2. The third-order valence-corrected chi connectivity index (χ3v) is 3.32. The SMILES string of the molecule is O=C(CNC(=O)c1ccc(F)cc1F)NCCCOc1ccccc1F. The highest BCUT2D eigenvalue weighted by Crippen LogP contribution is 2.15. The Hall–Kier alpha value is -3.03. The third-order valence-electron chi connectivity index (χ3n) is 3.32. The molecule has 0 saturated carbocycles. The maximum Gasteiger partial charge on any atom is 0.254 e. The van der Waals surface area contributed by atoms with Crippen LogP contribution in [0.5, 0.6) is 5.75 Å². The van der Waals surface area contributed by atoms with E-state index in [0.29, 0.717) is 12.5 Å². The predicted molar refractivity (Wildman–Crippen MR) is 88.2 cm³/mol. The summed E-state index contributed by atoms with van der Waals surface area (Å²) >= 11 is 0. The molecule has 5 nitrogen and oxygen atoms in total. The summed E-state index contributed by atoms with van der Waals surface area (Å²) in [7, 11) is 0. The first-order valence-electron chi connectivity index (χ1n) is 7.84. The quantitative estimate of drug-likeness (QED) is 0.705. The van der Waals surface area contributed by atoms with E-state index in [9.17, 15) is 22.8 Å². The highest BCUT2D eigenvalue weighted by Gasteiger charge is 2.13. The van der Waals surface area contributed by atoms with Crippen LogP contribution in [0.4, 0.5) is 13.2 Å². The van der Waals surface area contributed by atoms with Gasteiger partial charge in [-0.2, -0.15) is 0 Å². The molecule has 0 fully saturated rings. The number of amides is 2. The minimum Gasteiger partial charge on any atom is -0.490 e. The highest BCUT2D eigenvalue weighted by molar-refractivity contribution is 5.96. The van der Waals surface area contributed by atoms with E-state index < -0.39 is 29.3 Å². The average Bonchev–Trinajstić information content (AvgIpc) is 2.61. The summed E-state index contributed by atoms with van der Waals surface area (Å²) in [6.07, 6.45) is 0.431. The Morgan fingerprint density at radius 2 is 1.73 bits per heavy atom. The van der Waals surface area contributed by atoms with Crippen LogP contribution >= 0.6 is 0 Å². The van der Waals surface area contributed by atoms with Crippen LogP contribution < -0.4 is 15.4 Å². The van der Waals surface area contributed by atoms with Crippen LogP contribution in [0.15, 0.2) is 42.5 Å². The van der Waals surface area contributed by atoms with Gasteiger partial charge in [-0.3, -0.25) is 9.59 Å². The summed E-state index contributed by atoms with van der Waals surface area (Å²) in [5, 5.41) is 4.77. The summed E-state index contributed by atoms with van der Waals surface area (Å²) in [5.74, 6) is -3.44. The van der Waals surface area contributed by atoms with Crippen LogP contribution in [0.25, 0.3) is 0 Å². The number of para-hydroxylation sites is 1. The Labute approximate surface area is 148 Å². The van der Waals surface area contributed by atoms with Crippen molar-refractivity contribution in [2.75, 3.05) is 19.7 Å². The monoisotopic (exact) mass is 366 g/mol. The molecule has 138 valence electrons. The standard InChI is InChI=1S/C18H17F3N2O3/c19-12-6-7-13(15(21)10-12)18(25)23-11-17(24)22-8-3-9-26-16-5-2-1-4-14(16)20/h1-2,4-7,10H,3,8-9,11H2,(H,22,24)(H,23,25). The van der Waals surface area contributed by atoms with Crippen LogP contribution in [0.2, 0.25) is 0 Å². The normalized spacial score (nSPS) is 10.3. The minimum absolute atomic E-state index is 0.132. The first kappa shape index (κ1) is 19.3. The first-order valence-corrected chi connectivity index (χ1v) is 7.84. The second-order valence-electron chi connectivity index (χ2n) is 5.29. The fraction of sp³-hybridized carbons (Fsp3) is 0.222. The molecule has 26 heavy (non-hydrogen) atoms. The van der Waals surface area contributed by atoms with Crippen molar-refractivity contribution in [1.29, 1.82) is 0 Å². The number of hydrogen-bond donors (Lipinski definition) is 2. The highest BCUT2D eigenvalue weighted by atomic mass is 19.1. The smallest absolute Gasteiger partial charge is 0.254 e. The lowest BCUT2D eigenvalue weighted by atomic mass is 10.2. The van der Waals surface area contributed by atoms with Crippen molar-refractivity contribution in [2.45, 2.75) is 6.42 Å². The fourth-order valence-corrected chi connectivity index (χ4v) is 2.04. The van der Waals surface area contributed by atoms with Gasteiger partial charge in [0.2, 0.25) is 5.91 Å². The molecular formula is C18H17F3N2O3.